The highest BCUT2D eigenvalue weighted by Gasteiger charge is 2.22. The SMILES string of the molecule is O=CN(CC(=O)O)C(O)C(=O)O. The van der Waals surface area contributed by atoms with Crippen LogP contribution in [0.4, 0.5) is 0 Å². The molecule has 0 spiro atoms. The second kappa shape index (κ2) is 4.29. The average molecular weight is 177 g/mol. The van der Waals surface area contributed by atoms with E-state index >= 15 is 0 Å². The van der Waals surface area contributed by atoms with E-state index in [2.05, 4.69) is 0 Å². The topological polar surface area (TPSA) is 115 Å². The summed E-state index contributed by atoms with van der Waals surface area (Å²) in [5.41, 5.74) is 0. The van der Waals surface area contributed by atoms with Gasteiger partial charge in [0.1, 0.15) is 6.54 Å². The van der Waals surface area contributed by atoms with Gasteiger partial charge >= 0.3 is 11.9 Å². The van der Waals surface area contributed by atoms with Gasteiger partial charge in [0.05, 0.1) is 0 Å². The van der Waals surface area contributed by atoms with Crippen LogP contribution in [0.25, 0.3) is 0 Å². The molecule has 0 aliphatic rings. The Morgan fingerprint density at radius 1 is 1.42 bits per heavy atom. The molecule has 7 heteroatoms. The van der Waals surface area contributed by atoms with E-state index in [4.69, 9.17) is 15.3 Å². The van der Waals surface area contributed by atoms with Gasteiger partial charge in [-0.25, -0.2) is 4.79 Å². The van der Waals surface area contributed by atoms with Crippen molar-refractivity contribution < 1.29 is 29.7 Å². The van der Waals surface area contributed by atoms with E-state index < -0.39 is 24.7 Å². The molecule has 0 heterocycles. The van der Waals surface area contributed by atoms with Crippen LogP contribution in [0.2, 0.25) is 0 Å². The molecule has 0 aromatic heterocycles. The Hall–Kier alpha value is -1.63. The van der Waals surface area contributed by atoms with Crippen molar-refractivity contribution in [2.45, 2.75) is 6.23 Å². The lowest BCUT2D eigenvalue weighted by Gasteiger charge is -2.17. The number of hydrogen-bond acceptors (Lipinski definition) is 4. The molecule has 0 aromatic rings. The number of carboxylic acids is 2. The number of carboxylic acid groups (broad SMARTS) is 2. The van der Waals surface area contributed by atoms with Crippen LogP contribution in [0.15, 0.2) is 0 Å². The minimum atomic E-state index is -2.11. The molecule has 1 amide bonds. The quantitative estimate of drug-likeness (QED) is 0.328. The Labute approximate surface area is 66.8 Å². The molecule has 0 radical (unpaired) electrons. The predicted molar refractivity (Wildman–Crippen MR) is 34.0 cm³/mol. The first-order valence-electron chi connectivity index (χ1n) is 2.82. The van der Waals surface area contributed by atoms with Crippen LogP contribution in [0.3, 0.4) is 0 Å². The summed E-state index contributed by atoms with van der Waals surface area (Å²) in [7, 11) is 0. The Morgan fingerprint density at radius 2 is 1.92 bits per heavy atom. The van der Waals surface area contributed by atoms with Crippen molar-refractivity contribution in [1.29, 1.82) is 0 Å². The number of carbonyl (C=O) groups excluding carboxylic acids is 1. The third-order valence-electron chi connectivity index (χ3n) is 0.988. The number of aliphatic carboxylic acids is 2. The third-order valence-corrected chi connectivity index (χ3v) is 0.988. The molecule has 0 aliphatic heterocycles. The maximum Gasteiger partial charge on any atom is 0.354 e. The van der Waals surface area contributed by atoms with E-state index in [1.54, 1.807) is 0 Å². The number of aliphatic hydroxyl groups excluding tert-OH is 1. The predicted octanol–water partition coefficient (Wildman–Crippen LogP) is -2.07. The van der Waals surface area contributed by atoms with E-state index in [0.29, 0.717) is 0 Å². The maximum absolute atomic E-state index is 10.0. The summed E-state index contributed by atoms with van der Waals surface area (Å²) in [5.74, 6) is -3.08. The summed E-state index contributed by atoms with van der Waals surface area (Å²) in [4.78, 5) is 30.3. The summed E-state index contributed by atoms with van der Waals surface area (Å²) in [5, 5.41) is 25.0. The van der Waals surface area contributed by atoms with Crippen LogP contribution in [-0.4, -0.2) is 51.3 Å². The maximum atomic E-state index is 10.0. The fourth-order valence-corrected chi connectivity index (χ4v) is 0.479. The van der Waals surface area contributed by atoms with E-state index in [1.807, 2.05) is 0 Å². The first-order valence-corrected chi connectivity index (χ1v) is 2.82. The van der Waals surface area contributed by atoms with Crippen LogP contribution in [-0.2, 0) is 14.4 Å². The van der Waals surface area contributed by atoms with Gasteiger partial charge in [-0.3, -0.25) is 14.5 Å². The van der Waals surface area contributed by atoms with Gasteiger partial charge in [0, 0.05) is 0 Å². The zero-order chi connectivity index (χ0) is 9.72. The fraction of sp³-hybridized carbons (Fsp3) is 0.400. The van der Waals surface area contributed by atoms with Gasteiger partial charge in [0.15, 0.2) is 0 Å². The van der Waals surface area contributed by atoms with Gasteiger partial charge in [0.25, 0.3) is 0 Å². The smallest absolute Gasteiger partial charge is 0.354 e. The molecule has 0 rings (SSSR count). The van der Waals surface area contributed by atoms with Crippen LogP contribution in [0.1, 0.15) is 0 Å². The lowest BCUT2D eigenvalue weighted by molar-refractivity contribution is -0.163. The summed E-state index contributed by atoms with van der Waals surface area (Å²) in [6.07, 6.45) is -2.16. The van der Waals surface area contributed by atoms with Crippen molar-refractivity contribution in [2.75, 3.05) is 6.54 Å². The minimum absolute atomic E-state index is 0.0487. The van der Waals surface area contributed by atoms with Crippen molar-refractivity contribution in [3.05, 3.63) is 0 Å². The fourth-order valence-electron chi connectivity index (χ4n) is 0.479. The normalized spacial score (nSPS) is 11.8. The lowest BCUT2D eigenvalue weighted by Crippen LogP contribution is -2.42. The summed E-state index contributed by atoms with van der Waals surface area (Å²) in [6.45, 7) is -0.850. The van der Waals surface area contributed by atoms with Crippen LogP contribution >= 0.6 is 0 Å². The molecule has 12 heavy (non-hydrogen) atoms. The van der Waals surface area contributed by atoms with Gasteiger partial charge in [-0.2, -0.15) is 0 Å². The van der Waals surface area contributed by atoms with Gasteiger partial charge in [-0.1, -0.05) is 0 Å². The van der Waals surface area contributed by atoms with E-state index in [0.717, 1.165) is 0 Å². The summed E-state index contributed by atoms with van der Waals surface area (Å²) >= 11 is 0. The van der Waals surface area contributed by atoms with E-state index in [1.165, 1.54) is 0 Å². The van der Waals surface area contributed by atoms with Crippen molar-refractivity contribution in [1.82, 2.24) is 4.90 Å². The van der Waals surface area contributed by atoms with Crippen molar-refractivity contribution >= 4 is 18.3 Å². The summed E-state index contributed by atoms with van der Waals surface area (Å²) in [6, 6.07) is 0. The zero-order valence-electron chi connectivity index (χ0n) is 5.88. The number of amides is 1. The number of aliphatic hydroxyl groups is 1. The number of rotatable bonds is 5. The Kier molecular flexibility index (Phi) is 3.71. The first-order chi connectivity index (χ1) is 5.49. The average Bonchev–Trinajstić information content (AvgIpc) is 1.98. The molecule has 0 aliphatic carbocycles. The van der Waals surface area contributed by atoms with Crippen molar-refractivity contribution in [3.63, 3.8) is 0 Å². The second-order valence-corrected chi connectivity index (χ2v) is 1.88. The number of hydrogen-bond donors (Lipinski definition) is 3. The zero-order valence-corrected chi connectivity index (χ0v) is 5.88. The lowest BCUT2D eigenvalue weighted by atomic mass is 10.4. The van der Waals surface area contributed by atoms with E-state index in [9.17, 15) is 14.4 Å². The second-order valence-electron chi connectivity index (χ2n) is 1.88. The van der Waals surface area contributed by atoms with Crippen molar-refractivity contribution in [3.8, 4) is 0 Å². The van der Waals surface area contributed by atoms with Crippen LogP contribution in [0.5, 0.6) is 0 Å². The Bertz CT molecular complexity index is 202. The minimum Gasteiger partial charge on any atom is -0.480 e. The Morgan fingerprint density at radius 3 is 2.17 bits per heavy atom. The molecule has 3 N–H and O–H groups in total. The highest BCUT2D eigenvalue weighted by molar-refractivity contribution is 5.78. The highest BCUT2D eigenvalue weighted by atomic mass is 16.4. The highest BCUT2D eigenvalue weighted by Crippen LogP contribution is 1.91. The van der Waals surface area contributed by atoms with Gasteiger partial charge in [-0.15, -0.1) is 0 Å². The Balaban J connectivity index is 4.23. The number of nitrogens with zero attached hydrogens (tertiary/aromatic N) is 1. The van der Waals surface area contributed by atoms with Crippen molar-refractivity contribution in [2.24, 2.45) is 0 Å². The molecule has 1 unspecified atom stereocenters. The molecular weight excluding hydrogens is 170 g/mol. The molecule has 7 nitrogen and oxygen atoms in total. The number of carbonyl (C=O) groups is 3. The van der Waals surface area contributed by atoms with Gasteiger partial charge in [-0.05, 0) is 0 Å². The first kappa shape index (κ1) is 10.4. The molecule has 68 valence electrons. The molecular formula is C5H7NO6. The summed E-state index contributed by atoms with van der Waals surface area (Å²) < 4.78 is 0. The molecule has 0 saturated carbocycles. The van der Waals surface area contributed by atoms with Gasteiger partial charge < -0.3 is 15.3 Å². The monoisotopic (exact) mass is 177 g/mol. The van der Waals surface area contributed by atoms with Crippen LogP contribution < -0.4 is 0 Å². The molecule has 0 aromatic carbocycles. The van der Waals surface area contributed by atoms with E-state index in [-0.39, 0.29) is 11.3 Å². The molecule has 0 fully saturated rings. The third kappa shape index (κ3) is 2.97. The molecule has 0 bridgehead atoms. The van der Waals surface area contributed by atoms with Crippen LogP contribution in [0, 0.1) is 0 Å². The molecule has 1 atom stereocenters. The molecule has 0 saturated heterocycles. The largest absolute Gasteiger partial charge is 0.480 e. The van der Waals surface area contributed by atoms with Gasteiger partial charge in [0.2, 0.25) is 12.6 Å². The standard InChI is InChI=1S/C5H7NO6/c7-2-6(1-3(8)9)4(10)5(11)12/h2,4,10H,1H2,(H,8,9)(H,11,12).